The van der Waals surface area contributed by atoms with Crippen molar-refractivity contribution in [3.8, 4) is 11.5 Å². The summed E-state index contributed by atoms with van der Waals surface area (Å²) in [6.45, 7) is -0.248. The van der Waals surface area contributed by atoms with Gasteiger partial charge in [-0.1, -0.05) is 23.2 Å². The molecule has 178 valence electrons. The van der Waals surface area contributed by atoms with Gasteiger partial charge in [-0.05, 0) is 36.8 Å². The average Bonchev–Trinajstić information content (AvgIpc) is 2.78. The number of amides is 2. The Labute approximate surface area is 199 Å². The molecule has 0 saturated carbocycles. The molecule has 11 heteroatoms. The highest BCUT2D eigenvalue weighted by Gasteiger charge is 2.32. The van der Waals surface area contributed by atoms with Gasteiger partial charge in [0.1, 0.15) is 17.3 Å². The first kappa shape index (κ1) is 25.0. The second-order valence-corrected chi connectivity index (χ2v) is 8.29. The molecule has 0 bridgehead atoms. The van der Waals surface area contributed by atoms with Crippen LogP contribution in [0.25, 0.3) is 0 Å². The van der Waals surface area contributed by atoms with E-state index >= 15 is 0 Å². The average molecular weight is 501 g/mol. The Bertz CT molecular complexity index is 1010. The number of aliphatic hydroxyl groups is 2. The Kier molecular flexibility index (Phi) is 8.74. The molecule has 8 nitrogen and oxygen atoms in total. The number of rotatable bonds is 9. The summed E-state index contributed by atoms with van der Waals surface area (Å²) in [5.41, 5.74) is 0.521. The third kappa shape index (κ3) is 7.20. The van der Waals surface area contributed by atoms with Crippen molar-refractivity contribution in [1.82, 2.24) is 10.6 Å². The number of benzene rings is 2. The van der Waals surface area contributed by atoms with Crippen LogP contribution in [0, 0.1) is 5.82 Å². The minimum Gasteiger partial charge on any atom is -0.484 e. The van der Waals surface area contributed by atoms with Crippen LogP contribution in [-0.4, -0.2) is 53.9 Å². The molecular weight excluding hydrogens is 478 g/mol. The number of ether oxygens (including phenoxy) is 2. The van der Waals surface area contributed by atoms with Crippen molar-refractivity contribution in [2.45, 2.75) is 31.2 Å². The van der Waals surface area contributed by atoms with Gasteiger partial charge in [-0.25, -0.2) is 4.39 Å². The fourth-order valence-corrected chi connectivity index (χ4v) is 3.46. The molecule has 0 aromatic heterocycles. The van der Waals surface area contributed by atoms with E-state index in [1.807, 2.05) is 0 Å². The summed E-state index contributed by atoms with van der Waals surface area (Å²) in [6.07, 6.45) is -2.48. The first-order valence-corrected chi connectivity index (χ1v) is 10.9. The molecule has 2 aromatic rings. The number of aliphatic hydroxyl groups excluding tert-OH is 2. The molecule has 3 rings (SSSR count). The minimum absolute atomic E-state index is 0.0474. The maximum atomic E-state index is 13.3. The number of carbonyl (C=O) groups is 2. The Morgan fingerprint density at radius 2 is 2.00 bits per heavy atom. The first-order valence-electron chi connectivity index (χ1n) is 10.2. The van der Waals surface area contributed by atoms with E-state index in [-0.39, 0.29) is 43.3 Å². The second-order valence-electron chi connectivity index (χ2n) is 7.44. The van der Waals surface area contributed by atoms with Crippen LogP contribution in [0.2, 0.25) is 10.0 Å². The maximum absolute atomic E-state index is 13.3. The molecule has 0 radical (unpaired) electrons. The molecule has 0 aliphatic carbocycles. The first-order chi connectivity index (χ1) is 15.7. The van der Waals surface area contributed by atoms with Crippen molar-refractivity contribution in [2.75, 3.05) is 19.7 Å². The molecule has 1 aliphatic rings. The molecule has 2 aromatic carbocycles. The third-order valence-corrected chi connectivity index (χ3v) is 5.44. The van der Waals surface area contributed by atoms with Crippen LogP contribution >= 0.6 is 23.2 Å². The van der Waals surface area contributed by atoms with Crippen molar-refractivity contribution in [2.24, 2.45) is 0 Å². The van der Waals surface area contributed by atoms with Crippen LogP contribution in [0.5, 0.6) is 11.5 Å². The van der Waals surface area contributed by atoms with Crippen molar-refractivity contribution in [3.05, 3.63) is 57.8 Å². The number of hydrogen-bond acceptors (Lipinski definition) is 6. The fourth-order valence-electron chi connectivity index (χ4n) is 3.16. The third-order valence-electron chi connectivity index (χ3n) is 4.90. The van der Waals surface area contributed by atoms with Crippen LogP contribution in [-0.2, 0) is 9.59 Å². The van der Waals surface area contributed by atoms with Crippen molar-refractivity contribution in [1.29, 1.82) is 0 Å². The summed E-state index contributed by atoms with van der Waals surface area (Å²) < 4.78 is 24.2. The largest absolute Gasteiger partial charge is 0.484 e. The van der Waals surface area contributed by atoms with Crippen LogP contribution in [0.4, 0.5) is 4.39 Å². The number of fused-ring (bicyclic) bond motifs is 1. The lowest BCUT2D eigenvalue weighted by Gasteiger charge is -2.29. The van der Waals surface area contributed by atoms with E-state index in [1.165, 1.54) is 12.1 Å². The maximum Gasteiger partial charge on any atom is 0.261 e. The quantitative estimate of drug-likeness (QED) is 0.419. The number of halogens is 3. The zero-order valence-electron chi connectivity index (χ0n) is 17.4. The molecule has 33 heavy (non-hydrogen) atoms. The Balaban J connectivity index is 1.34. The predicted molar refractivity (Wildman–Crippen MR) is 119 cm³/mol. The monoisotopic (exact) mass is 500 g/mol. The van der Waals surface area contributed by atoms with E-state index < -0.39 is 35.9 Å². The molecule has 0 spiro atoms. The standard InChI is InChI=1S/C22H23Cl2FN2O6/c23-12-1-4-19-15(7-12)18(29)9-20(33-19)22(31)27-10-13(28)5-6-26-21(30)11-32-14-2-3-16(24)17(25)8-14/h1-4,7-8,13,18,20,28-29H,5-6,9-11H2,(H,26,30)(H,27,31)/t13-,18-,20-/m0/s1. The zero-order valence-corrected chi connectivity index (χ0v) is 18.9. The van der Waals surface area contributed by atoms with Crippen LogP contribution in [0.3, 0.4) is 0 Å². The summed E-state index contributed by atoms with van der Waals surface area (Å²) in [6, 6.07) is 8.61. The lowest BCUT2D eigenvalue weighted by atomic mass is 9.98. The van der Waals surface area contributed by atoms with Gasteiger partial charge in [0.15, 0.2) is 12.7 Å². The summed E-state index contributed by atoms with van der Waals surface area (Å²) in [4.78, 5) is 24.2. The second kappa shape index (κ2) is 11.5. The SMILES string of the molecule is O=C(COc1ccc(Cl)c(F)c1)NCC[C@H](O)CNC(=O)[C@@H]1C[C@H](O)c2cc(Cl)ccc2O1. The lowest BCUT2D eigenvalue weighted by Crippen LogP contribution is -2.44. The molecule has 0 saturated heterocycles. The Morgan fingerprint density at radius 1 is 1.21 bits per heavy atom. The molecule has 4 N–H and O–H groups in total. The topological polar surface area (TPSA) is 117 Å². The van der Waals surface area contributed by atoms with Crippen molar-refractivity contribution in [3.63, 3.8) is 0 Å². The van der Waals surface area contributed by atoms with Gasteiger partial charge in [0.2, 0.25) is 0 Å². The highest BCUT2D eigenvalue weighted by atomic mass is 35.5. The molecule has 1 heterocycles. The van der Waals surface area contributed by atoms with Gasteiger partial charge in [0.05, 0.1) is 17.2 Å². The zero-order chi connectivity index (χ0) is 24.0. The van der Waals surface area contributed by atoms with Gasteiger partial charge in [-0.3, -0.25) is 9.59 Å². The molecule has 0 unspecified atom stereocenters. The van der Waals surface area contributed by atoms with E-state index in [4.69, 9.17) is 32.7 Å². The lowest BCUT2D eigenvalue weighted by molar-refractivity contribution is -0.131. The molecule has 1 aliphatic heterocycles. The van der Waals surface area contributed by atoms with Crippen LogP contribution in [0.1, 0.15) is 24.5 Å². The van der Waals surface area contributed by atoms with E-state index in [0.29, 0.717) is 16.3 Å². The van der Waals surface area contributed by atoms with Crippen LogP contribution < -0.4 is 20.1 Å². The number of nitrogens with one attached hydrogen (secondary N) is 2. The van der Waals surface area contributed by atoms with Gasteiger partial charge < -0.3 is 30.3 Å². The van der Waals surface area contributed by atoms with E-state index in [1.54, 1.807) is 18.2 Å². The summed E-state index contributed by atoms with van der Waals surface area (Å²) in [5.74, 6) is -1.03. The smallest absolute Gasteiger partial charge is 0.261 e. The van der Waals surface area contributed by atoms with Gasteiger partial charge in [0, 0.05) is 36.2 Å². The molecular formula is C22H23Cl2FN2O6. The number of carbonyl (C=O) groups excluding carboxylic acids is 2. The Morgan fingerprint density at radius 3 is 2.76 bits per heavy atom. The molecule has 0 fully saturated rings. The van der Waals surface area contributed by atoms with Crippen molar-refractivity contribution >= 4 is 35.0 Å². The van der Waals surface area contributed by atoms with Gasteiger partial charge >= 0.3 is 0 Å². The normalized spacial score (nSPS) is 18.0. The van der Waals surface area contributed by atoms with Gasteiger partial charge in [-0.15, -0.1) is 0 Å². The van der Waals surface area contributed by atoms with Gasteiger partial charge in [-0.2, -0.15) is 0 Å². The minimum atomic E-state index is -0.917. The van der Waals surface area contributed by atoms with Crippen LogP contribution in [0.15, 0.2) is 36.4 Å². The van der Waals surface area contributed by atoms with Gasteiger partial charge in [0.25, 0.3) is 11.8 Å². The summed E-state index contributed by atoms with van der Waals surface area (Å²) in [7, 11) is 0. The van der Waals surface area contributed by atoms with E-state index in [0.717, 1.165) is 6.07 Å². The Hall–Kier alpha value is -2.59. The highest BCUT2D eigenvalue weighted by Crippen LogP contribution is 2.36. The van der Waals surface area contributed by atoms with E-state index in [9.17, 15) is 24.2 Å². The van der Waals surface area contributed by atoms with E-state index in [2.05, 4.69) is 10.6 Å². The summed E-state index contributed by atoms with van der Waals surface area (Å²) in [5, 5.41) is 25.9. The molecule has 3 atom stereocenters. The molecule has 2 amide bonds. The van der Waals surface area contributed by atoms with Crippen molar-refractivity contribution < 1.29 is 33.7 Å². The number of hydrogen-bond donors (Lipinski definition) is 4. The predicted octanol–water partition coefficient (Wildman–Crippen LogP) is 2.38. The summed E-state index contributed by atoms with van der Waals surface area (Å²) >= 11 is 11.5. The fraction of sp³-hybridized carbons (Fsp3) is 0.364. The highest BCUT2D eigenvalue weighted by molar-refractivity contribution is 6.31.